The zero-order valence-corrected chi connectivity index (χ0v) is 13.9. The van der Waals surface area contributed by atoms with Gasteiger partial charge < -0.3 is 5.32 Å². The Morgan fingerprint density at radius 1 is 1.25 bits per heavy atom. The lowest BCUT2D eigenvalue weighted by Gasteiger charge is -2.13. The highest BCUT2D eigenvalue weighted by Gasteiger charge is 2.07. The zero-order chi connectivity index (χ0) is 14.4. The molecule has 2 heterocycles. The Balaban J connectivity index is 1.77. The van der Waals surface area contributed by atoms with Gasteiger partial charge in [-0.1, -0.05) is 13.8 Å². The summed E-state index contributed by atoms with van der Waals surface area (Å²) >= 11 is 3.38. The van der Waals surface area contributed by atoms with Crippen LogP contribution in [-0.2, 0) is 19.6 Å². The summed E-state index contributed by atoms with van der Waals surface area (Å²) in [7, 11) is 2.11. The summed E-state index contributed by atoms with van der Waals surface area (Å²) in [6.07, 6.45) is 0. The Morgan fingerprint density at radius 2 is 2.05 bits per heavy atom. The van der Waals surface area contributed by atoms with Crippen molar-refractivity contribution in [2.75, 3.05) is 13.6 Å². The monoisotopic (exact) mass is 310 g/mol. The fourth-order valence-corrected chi connectivity index (χ4v) is 3.20. The molecule has 0 aliphatic heterocycles. The van der Waals surface area contributed by atoms with Crippen LogP contribution in [0.2, 0.25) is 0 Å². The topological polar surface area (TPSA) is 41.1 Å². The number of hydrogen-bond donors (Lipinski definition) is 1. The van der Waals surface area contributed by atoms with E-state index in [0.29, 0.717) is 5.92 Å². The molecule has 0 bridgehead atoms. The summed E-state index contributed by atoms with van der Waals surface area (Å²) in [6.45, 7) is 8.10. The van der Waals surface area contributed by atoms with Crippen LogP contribution in [0.4, 0.5) is 0 Å². The molecule has 2 aromatic heterocycles. The molecule has 0 aliphatic rings. The molecule has 2 rings (SSSR count). The Kier molecular flexibility index (Phi) is 6.09. The minimum absolute atomic E-state index is 0.679. The van der Waals surface area contributed by atoms with Crippen LogP contribution in [0.3, 0.4) is 0 Å². The number of nitrogens with one attached hydrogen (secondary N) is 1. The molecular weight excluding hydrogens is 288 g/mol. The molecule has 110 valence electrons. The fourth-order valence-electron chi connectivity index (χ4n) is 1.90. The Labute approximate surface area is 128 Å². The van der Waals surface area contributed by atoms with E-state index in [4.69, 9.17) is 0 Å². The highest BCUT2D eigenvalue weighted by atomic mass is 32.1. The van der Waals surface area contributed by atoms with Gasteiger partial charge in [0.25, 0.3) is 0 Å². The van der Waals surface area contributed by atoms with Crippen LogP contribution in [-0.4, -0.2) is 28.5 Å². The minimum atomic E-state index is 0.679. The van der Waals surface area contributed by atoms with Crippen LogP contribution in [0.1, 0.15) is 30.2 Å². The second-order valence-corrected chi connectivity index (χ2v) is 7.07. The smallest absolute Gasteiger partial charge is 0.107 e. The molecule has 0 aliphatic carbocycles. The maximum Gasteiger partial charge on any atom is 0.107 e. The van der Waals surface area contributed by atoms with Crippen molar-refractivity contribution in [3.63, 3.8) is 0 Å². The van der Waals surface area contributed by atoms with Gasteiger partial charge >= 0.3 is 0 Å². The van der Waals surface area contributed by atoms with Gasteiger partial charge in [0.2, 0.25) is 0 Å². The number of aromatic nitrogens is 2. The average Bonchev–Trinajstić information content (AvgIpc) is 3.01. The standard InChI is InChI=1S/C14H22N4S2/c1-11(2)4-15-5-14-17-13(9-20-14)7-18(3)6-12-8-19-10-16-12/h8-11,15H,4-7H2,1-3H3. The first-order valence-electron chi connectivity index (χ1n) is 6.83. The molecular formula is C14H22N4S2. The van der Waals surface area contributed by atoms with Crippen molar-refractivity contribution in [2.45, 2.75) is 33.5 Å². The third-order valence-corrected chi connectivity index (χ3v) is 4.31. The largest absolute Gasteiger partial charge is 0.310 e. The van der Waals surface area contributed by atoms with E-state index < -0.39 is 0 Å². The molecule has 20 heavy (non-hydrogen) atoms. The van der Waals surface area contributed by atoms with Gasteiger partial charge in [0.05, 0.1) is 16.9 Å². The summed E-state index contributed by atoms with van der Waals surface area (Å²) in [4.78, 5) is 11.2. The number of rotatable bonds is 8. The molecule has 0 fully saturated rings. The van der Waals surface area contributed by atoms with Gasteiger partial charge in [-0.05, 0) is 19.5 Å². The second-order valence-electron chi connectivity index (χ2n) is 5.41. The quantitative estimate of drug-likeness (QED) is 0.814. The average molecular weight is 310 g/mol. The van der Waals surface area contributed by atoms with Crippen molar-refractivity contribution in [1.29, 1.82) is 0 Å². The molecule has 0 aromatic carbocycles. The summed E-state index contributed by atoms with van der Waals surface area (Å²) in [6, 6.07) is 0. The van der Waals surface area contributed by atoms with Crippen LogP contribution in [0.5, 0.6) is 0 Å². The predicted octanol–water partition coefficient (Wildman–Crippen LogP) is 2.98. The van der Waals surface area contributed by atoms with Gasteiger partial charge in [-0.2, -0.15) is 0 Å². The van der Waals surface area contributed by atoms with E-state index in [-0.39, 0.29) is 0 Å². The van der Waals surface area contributed by atoms with E-state index in [1.807, 2.05) is 5.51 Å². The maximum atomic E-state index is 4.67. The lowest BCUT2D eigenvalue weighted by Crippen LogP contribution is -2.19. The third kappa shape index (κ3) is 5.28. The van der Waals surface area contributed by atoms with Crippen LogP contribution in [0.15, 0.2) is 16.3 Å². The molecule has 0 spiro atoms. The van der Waals surface area contributed by atoms with Crippen molar-refractivity contribution in [3.05, 3.63) is 32.7 Å². The molecule has 0 unspecified atom stereocenters. The molecule has 2 aromatic rings. The van der Waals surface area contributed by atoms with Gasteiger partial charge in [-0.25, -0.2) is 9.97 Å². The normalized spacial score (nSPS) is 11.7. The molecule has 6 heteroatoms. The van der Waals surface area contributed by atoms with Gasteiger partial charge in [0, 0.05) is 30.4 Å². The minimum Gasteiger partial charge on any atom is -0.310 e. The van der Waals surface area contributed by atoms with Crippen molar-refractivity contribution in [3.8, 4) is 0 Å². The van der Waals surface area contributed by atoms with E-state index >= 15 is 0 Å². The van der Waals surface area contributed by atoms with Crippen molar-refractivity contribution in [1.82, 2.24) is 20.2 Å². The molecule has 0 amide bonds. The maximum absolute atomic E-state index is 4.67. The van der Waals surface area contributed by atoms with Gasteiger partial charge in [-0.3, -0.25) is 4.90 Å². The second kappa shape index (κ2) is 7.83. The fraction of sp³-hybridized carbons (Fsp3) is 0.571. The van der Waals surface area contributed by atoms with E-state index in [0.717, 1.165) is 37.6 Å². The SMILES string of the molecule is CC(C)CNCc1nc(CN(C)Cc2cscn2)cs1. The van der Waals surface area contributed by atoms with Gasteiger partial charge in [0.15, 0.2) is 0 Å². The van der Waals surface area contributed by atoms with E-state index in [1.54, 1.807) is 22.7 Å². The molecule has 1 N–H and O–H groups in total. The first-order chi connectivity index (χ1) is 9.63. The highest BCUT2D eigenvalue weighted by molar-refractivity contribution is 7.09. The van der Waals surface area contributed by atoms with Crippen molar-refractivity contribution >= 4 is 22.7 Å². The van der Waals surface area contributed by atoms with Crippen LogP contribution < -0.4 is 5.32 Å². The highest BCUT2D eigenvalue weighted by Crippen LogP contribution is 2.13. The molecule has 0 saturated heterocycles. The first kappa shape index (κ1) is 15.6. The van der Waals surface area contributed by atoms with Crippen LogP contribution >= 0.6 is 22.7 Å². The van der Waals surface area contributed by atoms with E-state index in [9.17, 15) is 0 Å². The first-order valence-corrected chi connectivity index (χ1v) is 8.65. The zero-order valence-electron chi connectivity index (χ0n) is 12.3. The molecule has 0 saturated carbocycles. The van der Waals surface area contributed by atoms with Crippen molar-refractivity contribution < 1.29 is 0 Å². The van der Waals surface area contributed by atoms with E-state index in [2.05, 4.69) is 51.8 Å². The van der Waals surface area contributed by atoms with E-state index in [1.165, 1.54) is 5.01 Å². The summed E-state index contributed by atoms with van der Waals surface area (Å²) in [5, 5.41) is 8.85. The number of thiazole rings is 2. The Morgan fingerprint density at radius 3 is 2.75 bits per heavy atom. The predicted molar refractivity (Wildman–Crippen MR) is 85.9 cm³/mol. The number of hydrogen-bond acceptors (Lipinski definition) is 6. The van der Waals surface area contributed by atoms with Gasteiger partial charge in [0.1, 0.15) is 5.01 Å². The van der Waals surface area contributed by atoms with Crippen LogP contribution in [0, 0.1) is 5.92 Å². The molecule has 0 radical (unpaired) electrons. The summed E-state index contributed by atoms with van der Waals surface area (Å²) < 4.78 is 0. The Bertz CT molecular complexity index is 493. The van der Waals surface area contributed by atoms with Gasteiger partial charge in [-0.15, -0.1) is 22.7 Å². The summed E-state index contributed by atoms with van der Waals surface area (Å²) in [5.74, 6) is 0.679. The third-order valence-electron chi connectivity index (χ3n) is 2.78. The van der Waals surface area contributed by atoms with Crippen molar-refractivity contribution in [2.24, 2.45) is 5.92 Å². The number of nitrogens with zero attached hydrogens (tertiary/aromatic N) is 3. The lowest BCUT2D eigenvalue weighted by atomic mass is 10.2. The Hall–Kier alpha value is -0.820. The molecule has 4 nitrogen and oxygen atoms in total. The van der Waals surface area contributed by atoms with Crippen LogP contribution in [0.25, 0.3) is 0 Å². The lowest BCUT2D eigenvalue weighted by molar-refractivity contribution is 0.312. The summed E-state index contributed by atoms with van der Waals surface area (Å²) in [5.41, 5.74) is 4.16. The molecule has 0 atom stereocenters.